The van der Waals surface area contributed by atoms with E-state index in [1.54, 1.807) is 18.3 Å². The third-order valence-electron chi connectivity index (χ3n) is 6.22. The van der Waals surface area contributed by atoms with E-state index in [9.17, 15) is 4.79 Å². The molecule has 180 valence electrons. The SMILES string of the molecule is CC(=O)Nc1cc(Oc2ccc3c(c2)nc(Nc2ccc(Cl)c(C4(C)CCOC4)c2)n3C)ccn1. The molecule has 0 saturated carbocycles. The summed E-state index contributed by atoms with van der Waals surface area (Å²) in [4.78, 5) is 20.2. The first-order valence-electron chi connectivity index (χ1n) is 11.3. The van der Waals surface area contributed by atoms with Gasteiger partial charge in [0.15, 0.2) is 0 Å². The number of ether oxygens (including phenoxy) is 2. The topological polar surface area (TPSA) is 90.3 Å². The molecule has 0 radical (unpaired) electrons. The number of pyridine rings is 1. The van der Waals surface area contributed by atoms with Gasteiger partial charge in [0.25, 0.3) is 0 Å². The van der Waals surface area contributed by atoms with E-state index >= 15 is 0 Å². The number of amides is 1. The van der Waals surface area contributed by atoms with Crippen molar-refractivity contribution >= 4 is 46.0 Å². The van der Waals surface area contributed by atoms with Crippen LogP contribution >= 0.6 is 11.6 Å². The summed E-state index contributed by atoms with van der Waals surface area (Å²) in [6.45, 7) is 5.02. The zero-order chi connectivity index (χ0) is 24.6. The van der Waals surface area contributed by atoms with Crippen molar-refractivity contribution in [3.63, 3.8) is 0 Å². The summed E-state index contributed by atoms with van der Waals surface area (Å²) in [5, 5.41) is 6.82. The second-order valence-corrected chi connectivity index (χ2v) is 9.40. The average molecular weight is 492 g/mol. The van der Waals surface area contributed by atoms with Crippen LogP contribution in [0.5, 0.6) is 11.5 Å². The average Bonchev–Trinajstić information content (AvgIpc) is 3.39. The van der Waals surface area contributed by atoms with Crippen molar-refractivity contribution in [2.24, 2.45) is 7.05 Å². The van der Waals surface area contributed by atoms with Gasteiger partial charge in [0.05, 0.1) is 17.6 Å². The zero-order valence-electron chi connectivity index (χ0n) is 19.8. The van der Waals surface area contributed by atoms with Gasteiger partial charge in [0, 0.05) is 55.0 Å². The number of anilines is 3. The molecular weight excluding hydrogens is 466 g/mol. The summed E-state index contributed by atoms with van der Waals surface area (Å²) in [6, 6.07) is 15.1. The largest absolute Gasteiger partial charge is 0.457 e. The minimum atomic E-state index is -0.192. The van der Waals surface area contributed by atoms with Crippen LogP contribution in [-0.4, -0.2) is 33.7 Å². The van der Waals surface area contributed by atoms with E-state index in [4.69, 9.17) is 26.1 Å². The molecule has 1 atom stereocenters. The Balaban J connectivity index is 1.39. The molecule has 1 amide bonds. The fourth-order valence-electron chi connectivity index (χ4n) is 4.29. The number of hydrogen-bond acceptors (Lipinski definition) is 6. The second kappa shape index (κ2) is 9.20. The minimum Gasteiger partial charge on any atom is -0.457 e. The maximum atomic E-state index is 11.3. The van der Waals surface area contributed by atoms with Gasteiger partial charge in [-0.05, 0) is 48.4 Å². The number of aromatic nitrogens is 3. The highest BCUT2D eigenvalue weighted by molar-refractivity contribution is 6.31. The van der Waals surface area contributed by atoms with Crippen LogP contribution < -0.4 is 15.4 Å². The lowest BCUT2D eigenvalue weighted by molar-refractivity contribution is -0.114. The molecule has 1 saturated heterocycles. The molecule has 1 aliphatic heterocycles. The third kappa shape index (κ3) is 4.80. The highest BCUT2D eigenvalue weighted by atomic mass is 35.5. The standard InChI is InChI=1S/C26H26ClN5O3/c1-16(33)29-24-14-19(8-10-28-24)35-18-5-7-23-22(13-18)31-25(32(23)3)30-17-4-6-21(27)20(12-17)26(2)9-11-34-15-26/h4-8,10,12-14H,9,11,15H2,1-3H3,(H,30,31)(H,28,29,33). The molecule has 1 fully saturated rings. The van der Waals surface area contributed by atoms with Crippen LogP contribution in [0.1, 0.15) is 25.8 Å². The van der Waals surface area contributed by atoms with Gasteiger partial charge in [-0.1, -0.05) is 18.5 Å². The number of fused-ring (bicyclic) bond motifs is 1. The van der Waals surface area contributed by atoms with E-state index in [0.29, 0.717) is 29.9 Å². The highest BCUT2D eigenvalue weighted by Gasteiger charge is 2.33. The lowest BCUT2D eigenvalue weighted by Crippen LogP contribution is -2.22. The van der Waals surface area contributed by atoms with Crippen molar-refractivity contribution in [1.29, 1.82) is 0 Å². The van der Waals surface area contributed by atoms with E-state index in [-0.39, 0.29) is 11.3 Å². The Morgan fingerprint density at radius 1 is 1.17 bits per heavy atom. The number of nitrogens with zero attached hydrogens (tertiary/aromatic N) is 3. The van der Waals surface area contributed by atoms with Crippen LogP contribution in [0.15, 0.2) is 54.7 Å². The van der Waals surface area contributed by atoms with Crippen molar-refractivity contribution < 1.29 is 14.3 Å². The monoisotopic (exact) mass is 491 g/mol. The van der Waals surface area contributed by atoms with Crippen molar-refractivity contribution in [1.82, 2.24) is 14.5 Å². The van der Waals surface area contributed by atoms with Gasteiger partial charge in [0.1, 0.15) is 17.3 Å². The Morgan fingerprint density at radius 3 is 2.77 bits per heavy atom. The van der Waals surface area contributed by atoms with Crippen LogP contribution in [-0.2, 0) is 22.0 Å². The first-order chi connectivity index (χ1) is 16.8. The molecular formula is C26H26ClN5O3. The summed E-state index contributed by atoms with van der Waals surface area (Å²) in [6.07, 6.45) is 2.52. The molecule has 0 spiro atoms. The van der Waals surface area contributed by atoms with Gasteiger partial charge in [0.2, 0.25) is 11.9 Å². The van der Waals surface area contributed by atoms with E-state index in [0.717, 1.165) is 40.3 Å². The summed E-state index contributed by atoms with van der Waals surface area (Å²) < 4.78 is 13.6. The molecule has 5 rings (SSSR count). The first kappa shape index (κ1) is 23.1. The fraction of sp³-hybridized carbons (Fsp3) is 0.269. The van der Waals surface area contributed by atoms with E-state index in [2.05, 4.69) is 28.6 Å². The normalized spacial score (nSPS) is 17.5. The quantitative estimate of drug-likeness (QED) is 0.354. The molecule has 35 heavy (non-hydrogen) atoms. The first-order valence-corrected chi connectivity index (χ1v) is 11.7. The molecule has 2 N–H and O–H groups in total. The van der Waals surface area contributed by atoms with E-state index in [1.807, 2.05) is 41.9 Å². The number of aryl methyl sites for hydroxylation is 1. The summed E-state index contributed by atoms with van der Waals surface area (Å²) in [5.74, 6) is 2.14. The van der Waals surface area contributed by atoms with E-state index < -0.39 is 0 Å². The Hall–Kier alpha value is -3.62. The molecule has 2 aromatic heterocycles. The highest BCUT2D eigenvalue weighted by Crippen LogP contribution is 2.39. The lowest BCUT2D eigenvalue weighted by Gasteiger charge is -2.24. The van der Waals surface area contributed by atoms with Crippen LogP contribution in [0.3, 0.4) is 0 Å². The molecule has 0 bridgehead atoms. The maximum absolute atomic E-state index is 11.3. The Labute approximate surface area is 208 Å². The predicted molar refractivity (Wildman–Crippen MR) is 137 cm³/mol. The van der Waals surface area contributed by atoms with Gasteiger partial charge in [-0.3, -0.25) is 4.79 Å². The molecule has 1 aliphatic rings. The molecule has 0 aliphatic carbocycles. The minimum absolute atomic E-state index is 0.0971. The van der Waals surface area contributed by atoms with Gasteiger partial charge < -0.3 is 24.7 Å². The van der Waals surface area contributed by atoms with E-state index in [1.165, 1.54) is 6.92 Å². The zero-order valence-corrected chi connectivity index (χ0v) is 20.5. The van der Waals surface area contributed by atoms with Crippen molar-refractivity contribution in [3.05, 3.63) is 65.3 Å². The second-order valence-electron chi connectivity index (χ2n) is 8.99. The molecule has 3 heterocycles. The Kier molecular flexibility index (Phi) is 6.08. The lowest BCUT2D eigenvalue weighted by atomic mass is 9.82. The van der Waals surface area contributed by atoms with Crippen LogP contribution in [0.2, 0.25) is 5.02 Å². The van der Waals surface area contributed by atoms with Gasteiger partial charge in [-0.2, -0.15) is 0 Å². The van der Waals surface area contributed by atoms with Crippen molar-refractivity contribution in [3.8, 4) is 11.5 Å². The maximum Gasteiger partial charge on any atom is 0.222 e. The number of benzene rings is 2. The van der Waals surface area contributed by atoms with Gasteiger partial charge >= 0.3 is 0 Å². The van der Waals surface area contributed by atoms with Crippen LogP contribution in [0, 0.1) is 0 Å². The summed E-state index contributed by atoms with van der Waals surface area (Å²) in [5.41, 5.74) is 3.63. The fourth-order valence-corrected chi connectivity index (χ4v) is 4.63. The van der Waals surface area contributed by atoms with Crippen LogP contribution in [0.4, 0.5) is 17.5 Å². The predicted octanol–water partition coefficient (Wildman–Crippen LogP) is 5.79. The number of nitrogens with one attached hydrogen (secondary N) is 2. The van der Waals surface area contributed by atoms with Crippen molar-refractivity contribution in [2.75, 3.05) is 23.8 Å². The van der Waals surface area contributed by atoms with Gasteiger partial charge in [-0.15, -0.1) is 0 Å². The third-order valence-corrected chi connectivity index (χ3v) is 6.54. The molecule has 2 aromatic carbocycles. The Bertz CT molecular complexity index is 1410. The number of carbonyl (C=O) groups excluding carboxylic acids is 1. The Morgan fingerprint density at radius 2 is 2.00 bits per heavy atom. The number of imidazole rings is 1. The number of halogens is 1. The summed E-state index contributed by atoms with van der Waals surface area (Å²) in [7, 11) is 1.96. The summed E-state index contributed by atoms with van der Waals surface area (Å²) >= 11 is 6.54. The molecule has 9 heteroatoms. The number of hydrogen-bond donors (Lipinski definition) is 2. The smallest absolute Gasteiger partial charge is 0.222 e. The number of rotatable bonds is 6. The van der Waals surface area contributed by atoms with Crippen LogP contribution in [0.25, 0.3) is 11.0 Å². The molecule has 4 aromatic rings. The van der Waals surface area contributed by atoms with Gasteiger partial charge in [-0.25, -0.2) is 9.97 Å². The molecule has 1 unspecified atom stereocenters. The van der Waals surface area contributed by atoms with Crippen molar-refractivity contribution in [2.45, 2.75) is 25.7 Å². The molecule has 8 nitrogen and oxygen atoms in total. The number of carbonyl (C=O) groups is 1.